The molecule has 1 rings (SSSR count). The Balaban J connectivity index is 2.61. The molecule has 5 nitrogen and oxygen atoms in total. The van der Waals surface area contributed by atoms with E-state index in [0.717, 1.165) is 12.0 Å². The Bertz CT molecular complexity index is 420. The third-order valence-electron chi connectivity index (χ3n) is 2.92. The van der Waals surface area contributed by atoms with Crippen molar-refractivity contribution < 1.29 is 9.59 Å². The number of hydrogen-bond acceptors (Lipinski definition) is 3. The lowest BCUT2D eigenvalue weighted by atomic mass is 10.0. The van der Waals surface area contributed by atoms with Gasteiger partial charge < -0.3 is 5.32 Å². The molecule has 2 atom stereocenters. The first-order valence-corrected chi connectivity index (χ1v) is 6.42. The van der Waals surface area contributed by atoms with Gasteiger partial charge in [0.2, 0.25) is 5.91 Å². The topological polar surface area (TPSA) is 70.2 Å². The molecular formula is C14H21N3O2. The van der Waals surface area contributed by atoms with E-state index < -0.39 is 12.1 Å². The maximum atomic E-state index is 11.8. The second-order valence-corrected chi connectivity index (χ2v) is 4.33. The number of amides is 3. The fourth-order valence-corrected chi connectivity index (χ4v) is 1.80. The van der Waals surface area contributed by atoms with Gasteiger partial charge in [0.15, 0.2) is 0 Å². The molecule has 0 fully saturated rings. The van der Waals surface area contributed by atoms with Gasteiger partial charge in [0.05, 0.1) is 6.04 Å². The van der Waals surface area contributed by atoms with Crippen LogP contribution in [0.4, 0.5) is 4.79 Å². The molecular weight excluding hydrogens is 242 g/mol. The van der Waals surface area contributed by atoms with Gasteiger partial charge in [-0.25, -0.2) is 4.79 Å². The predicted molar refractivity (Wildman–Crippen MR) is 74.7 cm³/mol. The minimum absolute atomic E-state index is 0.0895. The van der Waals surface area contributed by atoms with Gasteiger partial charge in [-0.1, -0.05) is 37.3 Å². The van der Waals surface area contributed by atoms with Gasteiger partial charge in [0, 0.05) is 13.1 Å². The molecule has 0 aliphatic carbocycles. The third-order valence-corrected chi connectivity index (χ3v) is 2.92. The molecule has 0 aliphatic heterocycles. The first-order chi connectivity index (χ1) is 9.08. The van der Waals surface area contributed by atoms with Gasteiger partial charge in [-0.2, -0.15) is 0 Å². The molecule has 19 heavy (non-hydrogen) atoms. The minimum atomic E-state index is -0.494. The summed E-state index contributed by atoms with van der Waals surface area (Å²) in [6.07, 6.45) is 0.863. The van der Waals surface area contributed by atoms with E-state index in [9.17, 15) is 9.59 Å². The molecule has 0 saturated heterocycles. The molecule has 104 valence electrons. The lowest BCUT2D eigenvalue weighted by Crippen LogP contribution is -2.48. The van der Waals surface area contributed by atoms with Gasteiger partial charge in [-0.15, -0.1) is 0 Å². The van der Waals surface area contributed by atoms with Gasteiger partial charge in [-0.3, -0.25) is 15.4 Å². The summed E-state index contributed by atoms with van der Waals surface area (Å²) >= 11 is 0. The lowest BCUT2D eigenvalue weighted by molar-refractivity contribution is -0.121. The number of benzene rings is 1. The molecule has 5 heteroatoms. The largest absolute Gasteiger partial charge is 0.341 e. The molecule has 0 saturated carbocycles. The number of nitrogens with one attached hydrogen (secondary N) is 3. The van der Waals surface area contributed by atoms with E-state index in [-0.39, 0.29) is 11.9 Å². The SMILES string of the molecule is CCC(NC(C)C(=O)NC(=O)NC)c1ccccc1. The Labute approximate surface area is 113 Å². The second kappa shape index (κ2) is 7.53. The zero-order chi connectivity index (χ0) is 14.3. The van der Waals surface area contributed by atoms with Crippen LogP contribution in [-0.2, 0) is 4.79 Å². The van der Waals surface area contributed by atoms with Crippen molar-refractivity contribution in [3.05, 3.63) is 35.9 Å². The van der Waals surface area contributed by atoms with Crippen molar-refractivity contribution >= 4 is 11.9 Å². The minimum Gasteiger partial charge on any atom is -0.341 e. The molecule has 3 N–H and O–H groups in total. The van der Waals surface area contributed by atoms with Crippen molar-refractivity contribution in [1.82, 2.24) is 16.0 Å². The van der Waals surface area contributed by atoms with Crippen molar-refractivity contribution in [2.45, 2.75) is 32.4 Å². The van der Waals surface area contributed by atoms with Gasteiger partial charge in [0.25, 0.3) is 0 Å². The smallest absolute Gasteiger partial charge is 0.321 e. The lowest BCUT2D eigenvalue weighted by Gasteiger charge is -2.21. The Hall–Kier alpha value is -1.88. The first-order valence-electron chi connectivity index (χ1n) is 6.42. The van der Waals surface area contributed by atoms with Crippen LogP contribution in [0.1, 0.15) is 31.9 Å². The van der Waals surface area contributed by atoms with E-state index >= 15 is 0 Å². The maximum absolute atomic E-state index is 11.8. The molecule has 0 bridgehead atoms. The van der Waals surface area contributed by atoms with Crippen LogP contribution in [0.3, 0.4) is 0 Å². The Morgan fingerprint density at radius 3 is 2.37 bits per heavy atom. The second-order valence-electron chi connectivity index (χ2n) is 4.33. The van der Waals surface area contributed by atoms with E-state index in [2.05, 4.69) is 16.0 Å². The number of hydrogen-bond donors (Lipinski definition) is 3. The Kier molecular flexibility index (Phi) is 6.02. The zero-order valence-corrected chi connectivity index (χ0v) is 11.6. The average molecular weight is 263 g/mol. The monoisotopic (exact) mass is 263 g/mol. The van der Waals surface area contributed by atoms with Crippen molar-refractivity contribution in [2.75, 3.05) is 7.05 Å². The van der Waals surface area contributed by atoms with Crippen LogP contribution >= 0.6 is 0 Å². The highest BCUT2D eigenvalue weighted by molar-refractivity contribution is 5.96. The van der Waals surface area contributed by atoms with Gasteiger partial charge in [0.1, 0.15) is 0 Å². The Morgan fingerprint density at radius 1 is 1.21 bits per heavy atom. The molecule has 2 unspecified atom stereocenters. The summed E-state index contributed by atoms with van der Waals surface area (Å²) in [5, 5.41) is 7.83. The van der Waals surface area contributed by atoms with Crippen molar-refractivity contribution in [2.24, 2.45) is 0 Å². The van der Waals surface area contributed by atoms with Crippen LogP contribution in [-0.4, -0.2) is 25.0 Å². The van der Waals surface area contributed by atoms with Gasteiger partial charge in [-0.05, 0) is 18.9 Å². The highest BCUT2D eigenvalue weighted by atomic mass is 16.2. The summed E-state index contributed by atoms with van der Waals surface area (Å²) in [6, 6.07) is 9.08. The summed E-state index contributed by atoms with van der Waals surface area (Å²) in [7, 11) is 1.47. The molecule has 3 amide bonds. The standard InChI is InChI=1S/C14H21N3O2/c1-4-12(11-8-6-5-7-9-11)16-10(2)13(18)17-14(19)15-3/h5-10,12,16H,4H2,1-3H3,(H2,15,17,18,19). The van der Waals surface area contributed by atoms with Crippen LogP contribution < -0.4 is 16.0 Å². The summed E-state index contributed by atoms with van der Waals surface area (Å²) in [5.41, 5.74) is 1.13. The van der Waals surface area contributed by atoms with Crippen molar-refractivity contribution in [3.63, 3.8) is 0 Å². The molecule has 1 aromatic carbocycles. The van der Waals surface area contributed by atoms with E-state index in [0.29, 0.717) is 0 Å². The number of urea groups is 1. The number of rotatable bonds is 5. The van der Waals surface area contributed by atoms with Crippen LogP contribution in [0.25, 0.3) is 0 Å². The predicted octanol–water partition coefficient (Wildman–Crippen LogP) is 1.57. The number of carbonyl (C=O) groups excluding carboxylic acids is 2. The third kappa shape index (κ3) is 4.71. The summed E-state index contributed by atoms with van der Waals surface area (Å²) < 4.78 is 0. The number of carbonyl (C=O) groups is 2. The maximum Gasteiger partial charge on any atom is 0.321 e. The molecule has 0 radical (unpaired) electrons. The summed E-state index contributed by atoms with van der Waals surface area (Å²) in [6.45, 7) is 3.79. The van der Waals surface area contributed by atoms with Crippen molar-refractivity contribution in [1.29, 1.82) is 0 Å². The van der Waals surface area contributed by atoms with E-state index in [1.165, 1.54) is 7.05 Å². The molecule has 0 aliphatic rings. The van der Waals surface area contributed by atoms with Crippen LogP contribution in [0, 0.1) is 0 Å². The Morgan fingerprint density at radius 2 is 1.84 bits per heavy atom. The molecule has 0 spiro atoms. The first kappa shape index (κ1) is 15.2. The molecule has 1 aromatic rings. The molecule has 0 aromatic heterocycles. The average Bonchev–Trinajstić information content (AvgIpc) is 2.45. The highest BCUT2D eigenvalue weighted by Gasteiger charge is 2.19. The van der Waals surface area contributed by atoms with E-state index in [1.807, 2.05) is 37.3 Å². The fourth-order valence-electron chi connectivity index (χ4n) is 1.80. The highest BCUT2D eigenvalue weighted by Crippen LogP contribution is 2.16. The normalized spacial score (nSPS) is 13.4. The van der Waals surface area contributed by atoms with E-state index in [4.69, 9.17) is 0 Å². The molecule has 0 heterocycles. The van der Waals surface area contributed by atoms with Crippen LogP contribution in [0.5, 0.6) is 0 Å². The van der Waals surface area contributed by atoms with Crippen molar-refractivity contribution in [3.8, 4) is 0 Å². The van der Waals surface area contributed by atoms with E-state index in [1.54, 1.807) is 6.92 Å². The zero-order valence-electron chi connectivity index (χ0n) is 11.6. The summed E-state index contributed by atoms with van der Waals surface area (Å²) in [4.78, 5) is 22.8. The number of imide groups is 1. The van der Waals surface area contributed by atoms with Crippen LogP contribution in [0.15, 0.2) is 30.3 Å². The quantitative estimate of drug-likeness (QED) is 0.755. The summed E-state index contributed by atoms with van der Waals surface area (Å²) in [5.74, 6) is -0.339. The fraction of sp³-hybridized carbons (Fsp3) is 0.429. The van der Waals surface area contributed by atoms with Gasteiger partial charge >= 0.3 is 6.03 Å². The van der Waals surface area contributed by atoms with Crippen LogP contribution in [0.2, 0.25) is 0 Å².